The van der Waals surface area contributed by atoms with Gasteiger partial charge in [-0.2, -0.15) is 5.26 Å². The van der Waals surface area contributed by atoms with Crippen LogP contribution in [0.3, 0.4) is 0 Å². The lowest BCUT2D eigenvalue weighted by atomic mass is 10.0. The third-order valence-electron chi connectivity index (χ3n) is 3.52. The lowest BCUT2D eigenvalue weighted by molar-refractivity contribution is 0.440. The molecule has 1 rings (SSSR count). The van der Waals surface area contributed by atoms with Gasteiger partial charge in [0, 0.05) is 11.4 Å². The van der Waals surface area contributed by atoms with Crippen LogP contribution in [0.2, 0.25) is 0 Å². The molecule has 24 heavy (non-hydrogen) atoms. The van der Waals surface area contributed by atoms with Crippen molar-refractivity contribution in [2.24, 2.45) is 0 Å². The number of rotatable bonds is 6. The Kier molecular flexibility index (Phi) is 6.17. The number of sulfone groups is 1. The molecular formula is C15H23FN2O3S3. The molecule has 0 fully saturated rings. The van der Waals surface area contributed by atoms with Crippen molar-refractivity contribution in [3.63, 3.8) is 0 Å². The lowest BCUT2D eigenvalue weighted by Gasteiger charge is -2.35. The zero-order chi connectivity index (χ0) is 19.0. The van der Waals surface area contributed by atoms with Gasteiger partial charge >= 0.3 is 0 Å². The van der Waals surface area contributed by atoms with Gasteiger partial charge in [0.25, 0.3) is 0 Å². The first-order valence-corrected chi connectivity index (χ1v) is 10.9. The van der Waals surface area contributed by atoms with E-state index in [0.717, 1.165) is 11.3 Å². The molecule has 1 aromatic heterocycles. The fourth-order valence-electron chi connectivity index (χ4n) is 1.82. The minimum atomic E-state index is -3.92. The zero-order valence-corrected chi connectivity index (χ0v) is 17.1. The third-order valence-corrected chi connectivity index (χ3v) is 9.02. The molecule has 0 radical (unpaired) electrons. The summed E-state index contributed by atoms with van der Waals surface area (Å²) in [6.07, 6.45) is 0. The minimum absolute atomic E-state index is 0.150. The van der Waals surface area contributed by atoms with Crippen LogP contribution in [0.4, 0.5) is 4.39 Å². The Morgan fingerprint density at radius 1 is 1.33 bits per heavy atom. The van der Waals surface area contributed by atoms with Crippen molar-refractivity contribution >= 4 is 32.5 Å². The molecule has 5 nitrogen and oxygen atoms in total. The largest absolute Gasteiger partial charge is 0.598 e. The summed E-state index contributed by atoms with van der Waals surface area (Å²) in [5.74, 6) is -1.11. The molecule has 0 aliphatic carbocycles. The Morgan fingerprint density at radius 3 is 2.25 bits per heavy atom. The number of nitrogens with one attached hydrogen (secondary N) is 1. The molecule has 1 heterocycles. The SMILES string of the molecule is CC(C)(C)[S@@+]([O-])N[C@@](C)(CS(=O)(=O)C(C)(C)C#N)c1sccc1F. The van der Waals surface area contributed by atoms with E-state index in [-0.39, 0.29) is 4.88 Å². The second-order valence-corrected chi connectivity index (χ2v) is 12.7. The van der Waals surface area contributed by atoms with Crippen LogP contribution in [0, 0.1) is 17.1 Å². The average Bonchev–Trinajstić information content (AvgIpc) is 2.83. The van der Waals surface area contributed by atoms with E-state index in [1.165, 1.54) is 32.2 Å². The van der Waals surface area contributed by atoms with Gasteiger partial charge in [-0.25, -0.2) is 12.8 Å². The van der Waals surface area contributed by atoms with Gasteiger partial charge in [-0.05, 0) is 53.0 Å². The first kappa shape index (κ1) is 21.4. The van der Waals surface area contributed by atoms with Gasteiger partial charge < -0.3 is 4.55 Å². The van der Waals surface area contributed by atoms with E-state index in [2.05, 4.69) is 4.72 Å². The monoisotopic (exact) mass is 394 g/mol. The number of halogens is 1. The molecule has 0 spiro atoms. The number of nitrogens with zero attached hydrogens (tertiary/aromatic N) is 1. The maximum absolute atomic E-state index is 14.2. The highest BCUT2D eigenvalue weighted by Crippen LogP contribution is 2.34. The maximum Gasteiger partial charge on any atom is 0.171 e. The fraction of sp³-hybridized carbons (Fsp3) is 0.667. The van der Waals surface area contributed by atoms with Gasteiger partial charge in [-0.1, -0.05) is 0 Å². The number of nitriles is 1. The second-order valence-electron chi connectivity index (χ2n) is 7.29. The molecule has 0 aliphatic rings. The molecule has 0 aliphatic heterocycles. The van der Waals surface area contributed by atoms with Crippen molar-refractivity contribution in [1.82, 2.24) is 4.72 Å². The standard InChI is InChI=1S/C15H23FN2O3S3/c1-13(2,3)23(19)18-15(6,12-11(16)7-8-22-12)10-24(20,21)14(4,5)9-17/h7-8,18H,10H2,1-6H3/t15-,23+/m0/s1. The van der Waals surface area contributed by atoms with Crippen LogP contribution in [-0.4, -0.2) is 28.2 Å². The van der Waals surface area contributed by atoms with Gasteiger partial charge in [0.1, 0.15) is 16.1 Å². The van der Waals surface area contributed by atoms with Crippen molar-refractivity contribution in [1.29, 1.82) is 5.26 Å². The van der Waals surface area contributed by atoms with Gasteiger partial charge in [0.2, 0.25) is 0 Å². The van der Waals surface area contributed by atoms with E-state index in [9.17, 15) is 17.4 Å². The van der Waals surface area contributed by atoms with Crippen LogP contribution in [0.1, 0.15) is 46.4 Å². The molecule has 0 bridgehead atoms. The van der Waals surface area contributed by atoms with Crippen molar-refractivity contribution in [2.45, 2.75) is 56.6 Å². The van der Waals surface area contributed by atoms with Crippen LogP contribution in [0.15, 0.2) is 11.4 Å². The van der Waals surface area contributed by atoms with E-state index < -0.39 is 47.8 Å². The quantitative estimate of drug-likeness (QED) is 0.749. The molecule has 0 unspecified atom stereocenters. The highest BCUT2D eigenvalue weighted by molar-refractivity contribution is 7.93. The summed E-state index contributed by atoms with van der Waals surface area (Å²) >= 11 is -0.572. The van der Waals surface area contributed by atoms with Crippen LogP contribution < -0.4 is 4.72 Å². The van der Waals surface area contributed by atoms with Crippen molar-refractivity contribution < 1.29 is 17.4 Å². The molecule has 0 saturated carbocycles. The predicted octanol–water partition coefficient (Wildman–Crippen LogP) is 2.87. The molecule has 1 N–H and O–H groups in total. The van der Waals surface area contributed by atoms with E-state index in [4.69, 9.17) is 5.26 Å². The summed E-state index contributed by atoms with van der Waals surface area (Å²) in [7, 11) is -3.92. The zero-order valence-electron chi connectivity index (χ0n) is 14.6. The molecule has 1 aromatic rings. The van der Waals surface area contributed by atoms with Crippen LogP contribution in [0.5, 0.6) is 0 Å². The third kappa shape index (κ3) is 4.49. The van der Waals surface area contributed by atoms with Gasteiger partial charge in [0.05, 0.1) is 16.7 Å². The smallest absolute Gasteiger partial charge is 0.171 e. The maximum atomic E-state index is 14.2. The van der Waals surface area contributed by atoms with Crippen LogP contribution in [-0.2, 0) is 26.7 Å². The van der Waals surface area contributed by atoms with Crippen LogP contribution >= 0.6 is 11.3 Å². The molecule has 2 atom stereocenters. The number of hydrogen-bond donors (Lipinski definition) is 1. The number of hydrogen-bond acceptors (Lipinski definition) is 6. The Morgan fingerprint density at radius 2 is 1.88 bits per heavy atom. The first-order valence-electron chi connectivity index (χ1n) is 7.23. The van der Waals surface area contributed by atoms with Crippen molar-refractivity contribution in [2.75, 3.05) is 5.75 Å². The van der Waals surface area contributed by atoms with Gasteiger partial charge in [-0.15, -0.1) is 16.1 Å². The molecule has 0 saturated heterocycles. The Labute approximate surface area is 150 Å². The molecule has 0 amide bonds. The normalized spacial score (nSPS) is 17.1. The Bertz CT molecular complexity index is 732. The van der Waals surface area contributed by atoms with Crippen molar-refractivity contribution in [3.05, 3.63) is 22.1 Å². The van der Waals surface area contributed by atoms with Gasteiger partial charge in [0.15, 0.2) is 14.6 Å². The molecule has 136 valence electrons. The van der Waals surface area contributed by atoms with Gasteiger partial charge in [-0.3, -0.25) is 0 Å². The topological polar surface area (TPSA) is 93.0 Å². The molecule has 9 heteroatoms. The predicted molar refractivity (Wildman–Crippen MR) is 96.1 cm³/mol. The summed E-state index contributed by atoms with van der Waals surface area (Å²) < 4.78 is 52.5. The average molecular weight is 395 g/mol. The highest BCUT2D eigenvalue weighted by atomic mass is 32.2. The fourth-order valence-corrected chi connectivity index (χ4v) is 5.32. The lowest BCUT2D eigenvalue weighted by Crippen LogP contribution is -2.54. The van der Waals surface area contributed by atoms with Crippen LogP contribution in [0.25, 0.3) is 0 Å². The summed E-state index contributed by atoms with van der Waals surface area (Å²) in [4.78, 5) is 0.150. The first-order chi connectivity index (χ1) is 10.7. The van der Waals surface area contributed by atoms with E-state index in [1.54, 1.807) is 26.8 Å². The summed E-state index contributed by atoms with van der Waals surface area (Å²) in [6, 6.07) is 3.00. The Hall–Kier alpha value is -0.660. The minimum Gasteiger partial charge on any atom is -0.598 e. The summed E-state index contributed by atoms with van der Waals surface area (Å²) in [6.45, 7) is 9.29. The highest BCUT2D eigenvalue weighted by Gasteiger charge is 2.47. The molecule has 0 aromatic carbocycles. The summed E-state index contributed by atoms with van der Waals surface area (Å²) in [5.41, 5.74) is -1.41. The number of thiophene rings is 1. The van der Waals surface area contributed by atoms with E-state index in [1.807, 2.05) is 0 Å². The van der Waals surface area contributed by atoms with E-state index >= 15 is 0 Å². The molecular weight excluding hydrogens is 371 g/mol. The Balaban J connectivity index is 3.37. The second kappa shape index (κ2) is 6.92. The van der Waals surface area contributed by atoms with E-state index in [0.29, 0.717) is 0 Å². The summed E-state index contributed by atoms with van der Waals surface area (Å²) in [5, 5.41) is 10.6. The van der Waals surface area contributed by atoms with Crippen molar-refractivity contribution in [3.8, 4) is 6.07 Å².